The van der Waals surface area contributed by atoms with E-state index in [-0.39, 0.29) is 0 Å². The van der Waals surface area contributed by atoms with Crippen LogP contribution in [0, 0.1) is 0 Å². The summed E-state index contributed by atoms with van der Waals surface area (Å²) >= 11 is 0. The fraction of sp³-hybridized carbons (Fsp3) is 0.733. The molecule has 1 aliphatic carbocycles. The lowest BCUT2D eigenvalue weighted by Crippen LogP contribution is -2.36. The highest BCUT2D eigenvalue weighted by Crippen LogP contribution is 2.23. The predicted molar refractivity (Wildman–Crippen MR) is 79.2 cm³/mol. The minimum absolute atomic E-state index is 0.744. The van der Waals surface area contributed by atoms with Gasteiger partial charge in [0.1, 0.15) is 5.82 Å². The molecule has 1 aliphatic rings. The number of hydrogen-bond acceptors (Lipinski definition) is 4. The van der Waals surface area contributed by atoms with Crippen LogP contribution in [-0.4, -0.2) is 34.0 Å². The Balaban J connectivity index is 1.93. The highest BCUT2D eigenvalue weighted by atomic mass is 15.2. The Morgan fingerprint density at radius 3 is 2.53 bits per heavy atom. The van der Waals surface area contributed by atoms with E-state index in [0.717, 1.165) is 37.2 Å². The van der Waals surface area contributed by atoms with Gasteiger partial charge in [-0.2, -0.15) is 0 Å². The second kappa shape index (κ2) is 7.43. The van der Waals surface area contributed by atoms with Gasteiger partial charge in [-0.3, -0.25) is 9.88 Å². The molecule has 4 nitrogen and oxygen atoms in total. The predicted octanol–water partition coefficient (Wildman–Crippen LogP) is 3.06. The summed E-state index contributed by atoms with van der Waals surface area (Å²) in [5.74, 6) is 0.868. The van der Waals surface area contributed by atoms with Crippen LogP contribution in [0.4, 0.5) is 5.82 Å². The summed E-state index contributed by atoms with van der Waals surface area (Å²) < 4.78 is 0. The molecule has 2 rings (SSSR count). The Kier molecular flexibility index (Phi) is 5.58. The Bertz CT molecular complexity index is 357. The standard InChI is InChI=1S/C15H26N4/c1-3-16-15-11-17-13(10-18-15)12-19(4-2)14-8-6-5-7-9-14/h10-11,14H,3-9,12H2,1-2H3,(H,16,18). The SMILES string of the molecule is CCNc1cnc(CN(CC)C2CCCCC2)cn1. The zero-order chi connectivity index (χ0) is 13.5. The first-order valence-corrected chi connectivity index (χ1v) is 7.62. The lowest BCUT2D eigenvalue weighted by Gasteiger charge is -2.33. The van der Waals surface area contributed by atoms with Crippen molar-refractivity contribution in [2.24, 2.45) is 0 Å². The zero-order valence-corrected chi connectivity index (χ0v) is 12.2. The fourth-order valence-corrected chi connectivity index (χ4v) is 2.86. The van der Waals surface area contributed by atoms with Crippen LogP contribution < -0.4 is 5.32 Å². The van der Waals surface area contributed by atoms with Gasteiger partial charge in [-0.05, 0) is 26.3 Å². The van der Waals surface area contributed by atoms with Crippen LogP contribution in [0.25, 0.3) is 0 Å². The molecule has 0 bridgehead atoms. The van der Waals surface area contributed by atoms with Gasteiger partial charge in [0.15, 0.2) is 0 Å². The maximum Gasteiger partial charge on any atom is 0.144 e. The number of nitrogens with zero attached hydrogens (tertiary/aromatic N) is 3. The Morgan fingerprint density at radius 2 is 1.95 bits per heavy atom. The monoisotopic (exact) mass is 262 g/mol. The molecule has 0 atom stereocenters. The molecule has 0 aromatic carbocycles. The van der Waals surface area contributed by atoms with Gasteiger partial charge in [0.25, 0.3) is 0 Å². The number of rotatable bonds is 6. The molecule has 1 saturated carbocycles. The summed E-state index contributed by atoms with van der Waals surface area (Å²) in [7, 11) is 0. The van der Waals surface area contributed by atoms with E-state index < -0.39 is 0 Å². The molecule has 1 heterocycles. The van der Waals surface area contributed by atoms with E-state index in [0.29, 0.717) is 0 Å². The van der Waals surface area contributed by atoms with Gasteiger partial charge in [0.05, 0.1) is 18.1 Å². The van der Waals surface area contributed by atoms with Crippen molar-refractivity contribution >= 4 is 5.82 Å². The van der Waals surface area contributed by atoms with Gasteiger partial charge in [-0.1, -0.05) is 26.2 Å². The maximum atomic E-state index is 4.51. The summed E-state index contributed by atoms with van der Waals surface area (Å²) in [5.41, 5.74) is 1.08. The zero-order valence-electron chi connectivity index (χ0n) is 12.2. The number of aromatic nitrogens is 2. The normalized spacial score (nSPS) is 16.8. The molecule has 0 radical (unpaired) electrons. The van der Waals surface area contributed by atoms with Crippen molar-refractivity contribution < 1.29 is 0 Å². The molecule has 0 unspecified atom stereocenters. The van der Waals surface area contributed by atoms with Gasteiger partial charge >= 0.3 is 0 Å². The molecule has 0 aliphatic heterocycles. The Labute approximate surface area is 116 Å². The Morgan fingerprint density at radius 1 is 1.16 bits per heavy atom. The largest absolute Gasteiger partial charge is 0.369 e. The van der Waals surface area contributed by atoms with Gasteiger partial charge in [-0.25, -0.2) is 4.98 Å². The van der Waals surface area contributed by atoms with Crippen LogP contribution in [0.3, 0.4) is 0 Å². The number of anilines is 1. The lowest BCUT2D eigenvalue weighted by molar-refractivity contribution is 0.154. The highest BCUT2D eigenvalue weighted by Gasteiger charge is 2.20. The number of nitrogens with one attached hydrogen (secondary N) is 1. The molecule has 19 heavy (non-hydrogen) atoms. The third kappa shape index (κ3) is 4.16. The maximum absolute atomic E-state index is 4.51. The second-order valence-corrected chi connectivity index (χ2v) is 5.28. The first kappa shape index (κ1) is 14.3. The molecular formula is C15H26N4. The van der Waals surface area contributed by atoms with Crippen molar-refractivity contribution in [3.63, 3.8) is 0 Å². The van der Waals surface area contributed by atoms with Crippen LogP contribution in [0.15, 0.2) is 12.4 Å². The molecule has 0 amide bonds. The van der Waals surface area contributed by atoms with E-state index in [2.05, 4.69) is 34.0 Å². The molecule has 4 heteroatoms. The average molecular weight is 262 g/mol. The van der Waals surface area contributed by atoms with Crippen molar-refractivity contribution in [2.75, 3.05) is 18.4 Å². The highest BCUT2D eigenvalue weighted by molar-refractivity contribution is 5.30. The molecule has 0 spiro atoms. The van der Waals surface area contributed by atoms with E-state index >= 15 is 0 Å². The topological polar surface area (TPSA) is 41.1 Å². The first-order chi connectivity index (χ1) is 9.33. The van der Waals surface area contributed by atoms with Crippen LogP contribution in [0.2, 0.25) is 0 Å². The molecule has 0 saturated heterocycles. The van der Waals surface area contributed by atoms with Gasteiger partial charge in [0, 0.05) is 19.1 Å². The Hall–Kier alpha value is -1.16. The molecular weight excluding hydrogens is 236 g/mol. The van der Waals surface area contributed by atoms with Crippen LogP contribution in [0.5, 0.6) is 0 Å². The van der Waals surface area contributed by atoms with Crippen molar-refractivity contribution in [1.29, 1.82) is 0 Å². The van der Waals surface area contributed by atoms with Crippen LogP contribution >= 0.6 is 0 Å². The number of hydrogen-bond donors (Lipinski definition) is 1. The summed E-state index contributed by atoms with van der Waals surface area (Å²) in [6, 6.07) is 0.744. The first-order valence-electron chi connectivity index (χ1n) is 7.62. The lowest BCUT2D eigenvalue weighted by atomic mass is 9.94. The van der Waals surface area contributed by atoms with E-state index in [1.807, 2.05) is 12.4 Å². The van der Waals surface area contributed by atoms with E-state index in [4.69, 9.17) is 0 Å². The molecule has 1 aromatic heterocycles. The summed E-state index contributed by atoms with van der Waals surface area (Å²) in [6.07, 6.45) is 10.6. The smallest absolute Gasteiger partial charge is 0.144 e. The van der Waals surface area contributed by atoms with Crippen LogP contribution in [-0.2, 0) is 6.54 Å². The minimum Gasteiger partial charge on any atom is -0.369 e. The van der Waals surface area contributed by atoms with Crippen molar-refractivity contribution in [2.45, 2.75) is 58.5 Å². The van der Waals surface area contributed by atoms with Crippen molar-refractivity contribution in [3.8, 4) is 0 Å². The average Bonchev–Trinajstić information content (AvgIpc) is 2.48. The van der Waals surface area contributed by atoms with E-state index in [1.165, 1.54) is 32.1 Å². The van der Waals surface area contributed by atoms with Crippen molar-refractivity contribution in [1.82, 2.24) is 14.9 Å². The molecule has 1 N–H and O–H groups in total. The molecule has 1 fully saturated rings. The molecule has 106 valence electrons. The van der Waals surface area contributed by atoms with Crippen LogP contribution in [0.1, 0.15) is 51.6 Å². The quantitative estimate of drug-likeness (QED) is 0.855. The fourth-order valence-electron chi connectivity index (χ4n) is 2.86. The molecule has 1 aromatic rings. The van der Waals surface area contributed by atoms with E-state index in [1.54, 1.807) is 0 Å². The second-order valence-electron chi connectivity index (χ2n) is 5.28. The van der Waals surface area contributed by atoms with Crippen molar-refractivity contribution in [3.05, 3.63) is 18.1 Å². The summed E-state index contributed by atoms with van der Waals surface area (Å²) in [6.45, 7) is 7.23. The third-order valence-corrected chi connectivity index (χ3v) is 3.93. The van der Waals surface area contributed by atoms with Gasteiger partial charge in [0.2, 0.25) is 0 Å². The summed E-state index contributed by atoms with van der Waals surface area (Å²) in [4.78, 5) is 11.5. The third-order valence-electron chi connectivity index (χ3n) is 3.93. The van der Waals surface area contributed by atoms with Gasteiger partial charge < -0.3 is 5.32 Å². The summed E-state index contributed by atoms with van der Waals surface area (Å²) in [5, 5.41) is 3.18. The van der Waals surface area contributed by atoms with Gasteiger partial charge in [-0.15, -0.1) is 0 Å². The minimum atomic E-state index is 0.744. The van der Waals surface area contributed by atoms with E-state index in [9.17, 15) is 0 Å².